The van der Waals surface area contributed by atoms with E-state index in [2.05, 4.69) is 5.32 Å². The van der Waals surface area contributed by atoms with E-state index in [9.17, 15) is 4.79 Å². The molecule has 0 bridgehead atoms. The molecule has 2 rings (SSSR count). The van der Waals surface area contributed by atoms with Crippen molar-refractivity contribution in [2.24, 2.45) is 5.92 Å². The van der Waals surface area contributed by atoms with Crippen molar-refractivity contribution in [2.45, 2.75) is 38.5 Å². The minimum atomic E-state index is -0.0511. The number of benzene rings is 1. The molecule has 0 saturated heterocycles. The molecule has 1 N–H and O–H groups in total. The van der Waals surface area contributed by atoms with Crippen molar-refractivity contribution in [3.63, 3.8) is 0 Å². The zero-order valence-corrected chi connectivity index (χ0v) is 11.4. The highest BCUT2D eigenvalue weighted by Gasteiger charge is 2.14. The lowest BCUT2D eigenvalue weighted by atomic mass is 10.0. The van der Waals surface area contributed by atoms with Crippen molar-refractivity contribution in [1.29, 1.82) is 0 Å². The Bertz CT molecular complexity index is 397. The van der Waals surface area contributed by atoms with E-state index in [4.69, 9.17) is 11.6 Å². The first-order valence-electron chi connectivity index (χ1n) is 6.80. The number of carbonyl (C=O) groups is 1. The molecule has 1 aliphatic rings. The summed E-state index contributed by atoms with van der Waals surface area (Å²) in [4.78, 5) is 12.0. The summed E-state index contributed by atoms with van der Waals surface area (Å²) < 4.78 is 0. The number of hydrogen-bond acceptors (Lipinski definition) is 1. The molecule has 0 atom stereocenters. The Morgan fingerprint density at radius 3 is 2.50 bits per heavy atom. The molecule has 1 aromatic rings. The average Bonchev–Trinajstić information content (AvgIpc) is 2.65. The lowest BCUT2D eigenvalue weighted by Crippen LogP contribution is -2.29. The van der Waals surface area contributed by atoms with E-state index in [1.165, 1.54) is 38.5 Å². The van der Waals surface area contributed by atoms with Gasteiger partial charge in [-0.1, -0.05) is 49.4 Å². The van der Waals surface area contributed by atoms with Crippen LogP contribution in [0, 0.1) is 5.92 Å². The summed E-state index contributed by atoms with van der Waals surface area (Å²) in [6.07, 6.45) is 7.76. The number of hydrogen-bond donors (Lipinski definition) is 1. The summed E-state index contributed by atoms with van der Waals surface area (Å²) in [5.74, 6) is 0.587. The van der Waals surface area contributed by atoms with Gasteiger partial charge >= 0.3 is 0 Å². The van der Waals surface area contributed by atoms with Crippen LogP contribution < -0.4 is 5.32 Å². The van der Waals surface area contributed by atoms with E-state index < -0.39 is 0 Å². The van der Waals surface area contributed by atoms with Crippen LogP contribution in [0.3, 0.4) is 0 Å². The third kappa shape index (κ3) is 3.74. The van der Waals surface area contributed by atoms with Gasteiger partial charge in [-0.2, -0.15) is 0 Å². The molecule has 18 heavy (non-hydrogen) atoms. The molecular weight excluding hydrogens is 246 g/mol. The van der Waals surface area contributed by atoms with Crippen molar-refractivity contribution >= 4 is 17.5 Å². The second kappa shape index (κ2) is 6.79. The summed E-state index contributed by atoms with van der Waals surface area (Å²) >= 11 is 6.01. The predicted molar refractivity (Wildman–Crippen MR) is 75.0 cm³/mol. The highest BCUT2D eigenvalue weighted by molar-refractivity contribution is 6.33. The lowest BCUT2D eigenvalue weighted by molar-refractivity contribution is 0.0946. The fourth-order valence-corrected chi connectivity index (χ4v) is 2.77. The first kappa shape index (κ1) is 13.4. The smallest absolute Gasteiger partial charge is 0.252 e. The minimum absolute atomic E-state index is 0.0511. The van der Waals surface area contributed by atoms with Crippen LogP contribution in [-0.2, 0) is 0 Å². The van der Waals surface area contributed by atoms with Gasteiger partial charge in [0.05, 0.1) is 10.6 Å². The van der Waals surface area contributed by atoms with Gasteiger partial charge in [0.15, 0.2) is 0 Å². The topological polar surface area (TPSA) is 29.1 Å². The van der Waals surface area contributed by atoms with Crippen LogP contribution >= 0.6 is 11.6 Å². The standard InChI is InChI=1S/C15H20ClNO/c16-14-10-6-5-9-13(14)15(18)17-11-12-7-3-1-2-4-8-12/h5-6,9-10,12H,1-4,7-8,11H2,(H,17,18). The molecule has 0 spiro atoms. The van der Waals surface area contributed by atoms with Gasteiger partial charge in [-0.05, 0) is 30.9 Å². The second-order valence-electron chi connectivity index (χ2n) is 5.05. The fraction of sp³-hybridized carbons (Fsp3) is 0.533. The van der Waals surface area contributed by atoms with E-state index in [1.807, 2.05) is 12.1 Å². The summed E-state index contributed by atoms with van der Waals surface area (Å²) in [5.41, 5.74) is 0.577. The second-order valence-corrected chi connectivity index (χ2v) is 5.45. The maximum Gasteiger partial charge on any atom is 0.252 e. The van der Waals surface area contributed by atoms with Crippen molar-refractivity contribution in [3.05, 3.63) is 34.9 Å². The molecule has 2 nitrogen and oxygen atoms in total. The van der Waals surface area contributed by atoms with Crippen LogP contribution in [0.5, 0.6) is 0 Å². The molecule has 1 fully saturated rings. The molecule has 3 heteroatoms. The van der Waals surface area contributed by atoms with Crippen molar-refractivity contribution in [1.82, 2.24) is 5.32 Å². The Kier molecular flexibility index (Phi) is 5.06. The molecule has 1 aromatic carbocycles. The SMILES string of the molecule is O=C(NCC1CCCCCC1)c1ccccc1Cl. The number of amides is 1. The molecule has 1 aliphatic carbocycles. The zero-order chi connectivity index (χ0) is 12.8. The normalized spacial score (nSPS) is 17.2. The van der Waals surface area contributed by atoms with Crippen LogP contribution in [0.25, 0.3) is 0 Å². The largest absolute Gasteiger partial charge is 0.352 e. The Balaban J connectivity index is 1.86. The van der Waals surface area contributed by atoms with E-state index in [-0.39, 0.29) is 5.91 Å². The van der Waals surface area contributed by atoms with E-state index in [0.717, 1.165) is 6.54 Å². The molecule has 0 radical (unpaired) electrons. The Morgan fingerprint density at radius 1 is 1.17 bits per heavy atom. The predicted octanol–water partition coefficient (Wildman–Crippen LogP) is 4.04. The van der Waals surface area contributed by atoms with Gasteiger partial charge in [0.1, 0.15) is 0 Å². The van der Waals surface area contributed by atoms with Crippen LogP contribution in [-0.4, -0.2) is 12.5 Å². The highest BCUT2D eigenvalue weighted by atomic mass is 35.5. The Morgan fingerprint density at radius 2 is 1.83 bits per heavy atom. The molecular formula is C15H20ClNO. The van der Waals surface area contributed by atoms with Gasteiger partial charge in [-0.25, -0.2) is 0 Å². The van der Waals surface area contributed by atoms with Gasteiger partial charge in [-0.3, -0.25) is 4.79 Å². The minimum Gasteiger partial charge on any atom is -0.352 e. The number of halogens is 1. The molecule has 98 valence electrons. The van der Waals surface area contributed by atoms with E-state index in [1.54, 1.807) is 12.1 Å². The van der Waals surface area contributed by atoms with E-state index >= 15 is 0 Å². The van der Waals surface area contributed by atoms with Gasteiger partial charge < -0.3 is 5.32 Å². The lowest BCUT2D eigenvalue weighted by Gasteiger charge is -2.15. The van der Waals surface area contributed by atoms with Crippen molar-refractivity contribution in [2.75, 3.05) is 6.54 Å². The van der Waals surface area contributed by atoms with Crippen LogP contribution in [0.4, 0.5) is 0 Å². The van der Waals surface area contributed by atoms with Crippen molar-refractivity contribution in [3.8, 4) is 0 Å². The van der Waals surface area contributed by atoms with E-state index in [0.29, 0.717) is 16.5 Å². The van der Waals surface area contributed by atoms with Gasteiger partial charge in [0.2, 0.25) is 0 Å². The Hall–Kier alpha value is -1.02. The summed E-state index contributed by atoms with van der Waals surface area (Å²) in [6, 6.07) is 7.20. The van der Waals surface area contributed by atoms with Crippen LogP contribution in [0.2, 0.25) is 5.02 Å². The molecule has 0 aromatic heterocycles. The van der Waals surface area contributed by atoms with Crippen LogP contribution in [0.1, 0.15) is 48.9 Å². The number of carbonyl (C=O) groups excluding carboxylic acids is 1. The molecule has 1 saturated carbocycles. The van der Waals surface area contributed by atoms with Crippen molar-refractivity contribution < 1.29 is 4.79 Å². The number of nitrogens with one attached hydrogen (secondary N) is 1. The first-order valence-corrected chi connectivity index (χ1v) is 7.18. The Labute approximate surface area is 114 Å². The third-order valence-electron chi connectivity index (χ3n) is 3.64. The summed E-state index contributed by atoms with van der Waals surface area (Å²) in [6.45, 7) is 0.782. The monoisotopic (exact) mass is 265 g/mol. The fourth-order valence-electron chi connectivity index (χ4n) is 2.55. The summed E-state index contributed by atoms with van der Waals surface area (Å²) in [7, 11) is 0. The first-order chi connectivity index (χ1) is 8.77. The highest BCUT2D eigenvalue weighted by Crippen LogP contribution is 2.22. The quantitative estimate of drug-likeness (QED) is 0.821. The third-order valence-corrected chi connectivity index (χ3v) is 3.97. The average molecular weight is 266 g/mol. The van der Waals surface area contributed by atoms with Gasteiger partial charge in [-0.15, -0.1) is 0 Å². The summed E-state index contributed by atoms with van der Waals surface area (Å²) in [5, 5.41) is 3.54. The molecule has 0 aliphatic heterocycles. The maximum absolute atomic E-state index is 12.0. The van der Waals surface area contributed by atoms with Gasteiger partial charge in [0, 0.05) is 6.54 Å². The molecule has 1 amide bonds. The molecule has 0 heterocycles. The van der Waals surface area contributed by atoms with Gasteiger partial charge in [0.25, 0.3) is 5.91 Å². The zero-order valence-electron chi connectivity index (χ0n) is 10.6. The maximum atomic E-state index is 12.0. The molecule has 0 unspecified atom stereocenters. The van der Waals surface area contributed by atoms with Crippen LogP contribution in [0.15, 0.2) is 24.3 Å². The number of rotatable bonds is 3.